The van der Waals surface area contributed by atoms with Crippen molar-refractivity contribution >= 4 is 35.6 Å². The van der Waals surface area contributed by atoms with Crippen LogP contribution in [0.5, 0.6) is 11.5 Å². The highest BCUT2D eigenvalue weighted by molar-refractivity contribution is 7.98. The molecule has 0 aromatic heterocycles. The number of phenolic OH excluding ortho intramolecular Hbond substituents is 2. The monoisotopic (exact) mass is 485 g/mol. The average molecular weight is 486 g/mol. The molecule has 2 rings (SSSR count). The quantitative estimate of drug-likeness (QED) is 0.198. The van der Waals surface area contributed by atoms with Gasteiger partial charge in [0, 0.05) is 28.7 Å². The zero-order valence-corrected chi connectivity index (χ0v) is 19.4. The Labute approximate surface area is 194 Å². The normalized spacial score (nSPS) is 19.7. The van der Waals surface area contributed by atoms with Crippen molar-refractivity contribution in [1.29, 1.82) is 0 Å². The van der Waals surface area contributed by atoms with Gasteiger partial charge in [-0.3, -0.25) is 14.8 Å². The summed E-state index contributed by atoms with van der Waals surface area (Å²) in [5.41, 5.74) is 0.802. The van der Waals surface area contributed by atoms with Crippen molar-refractivity contribution in [1.82, 2.24) is 16.1 Å². The predicted octanol–water partition coefficient (Wildman–Crippen LogP) is 0.693. The number of fused-ring (bicyclic) bond motifs is 1. The summed E-state index contributed by atoms with van der Waals surface area (Å²) in [6, 6.07) is -1.58. The van der Waals surface area contributed by atoms with Crippen LogP contribution < -0.4 is 16.1 Å². The molecule has 0 aliphatic carbocycles. The van der Waals surface area contributed by atoms with Crippen LogP contribution in [0.2, 0.25) is 0 Å². The van der Waals surface area contributed by atoms with Gasteiger partial charge in [-0.05, 0) is 27.7 Å². The lowest BCUT2D eigenvalue weighted by atomic mass is 10.0. The average Bonchev–Trinajstić information content (AvgIpc) is 2.70. The van der Waals surface area contributed by atoms with Crippen molar-refractivity contribution < 1.29 is 44.1 Å². The Hall–Kier alpha value is -3.19. The number of phenols is 2. The fraction of sp³-hybridized carbons (Fsp3) is 0.500. The van der Waals surface area contributed by atoms with Gasteiger partial charge in [0.2, 0.25) is 5.91 Å². The number of hydroxylamine groups is 1. The molecule has 1 aromatic carbocycles. The summed E-state index contributed by atoms with van der Waals surface area (Å²) in [5.74, 6) is -3.41. The topological polar surface area (TPSA) is 184 Å². The molecular weight excluding hydrogens is 458 g/mol. The Morgan fingerprint density at radius 1 is 1.24 bits per heavy atom. The highest BCUT2D eigenvalue weighted by Crippen LogP contribution is 2.35. The Kier molecular flexibility index (Phi) is 8.39. The van der Waals surface area contributed by atoms with Gasteiger partial charge in [0.1, 0.15) is 35.8 Å². The van der Waals surface area contributed by atoms with Gasteiger partial charge in [-0.1, -0.05) is 0 Å². The number of hydrogen-bond donors (Lipinski definition) is 6. The van der Waals surface area contributed by atoms with E-state index in [1.807, 2.05) is 0 Å². The maximum absolute atomic E-state index is 12.8. The zero-order chi connectivity index (χ0) is 24.9. The first kappa shape index (κ1) is 26.1. The first-order valence-corrected chi connectivity index (χ1v) is 11.0. The third-order valence-corrected chi connectivity index (χ3v) is 5.57. The van der Waals surface area contributed by atoms with E-state index in [9.17, 15) is 29.4 Å². The van der Waals surface area contributed by atoms with Gasteiger partial charge < -0.3 is 30.3 Å². The Morgan fingerprint density at radius 3 is 2.52 bits per heavy atom. The number of carbonyl (C=O) groups excluding carboxylic acids is 4. The van der Waals surface area contributed by atoms with Crippen molar-refractivity contribution in [3.8, 4) is 11.5 Å². The molecule has 1 aliphatic heterocycles. The number of aromatic hydroxyl groups is 2. The standard InChI is InChI=1S/C20H27N3O9S/c1-9-13(24)5-14(25)10-7-33-8-12(17(27)23-30)21-16(26)11(6-31-18(28)15(9)10)22-19(29)32-20(2,3)4/h5,11-12,24-25,30H,6-8H2,1-4H3,(H,21,26)(H,22,29)(H,23,27)/t11-,12-/m0/s1. The number of ether oxygens (including phenoxy) is 2. The van der Waals surface area contributed by atoms with E-state index in [1.165, 1.54) is 12.4 Å². The van der Waals surface area contributed by atoms with E-state index >= 15 is 0 Å². The van der Waals surface area contributed by atoms with Crippen LogP contribution in [-0.2, 0) is 24.8 Å². The summed E-state index contributed by atoms with van der Waals surface area (Å²) in [5, 5.41) is 34.0. The first-order chi connectivity index (χ1) is 15.3. The van der Waals surface area contributed by atoms with Crippen LogP contribution in [0.3, 0.4) is 0 Å². The molecule has 0 saturated heterocycles. The maximum Gasteiger partial charge on any atom is 0.408 e. The molecule has 0 radical (unpaired) electrons. The zero-order valence-electron chi connectivity index (χ0n) is 18.6. The van der Waals surface area contributed by atoms with Crippen LogP contribution in [0.15, 0.2) is 6.07 Å². The molecule has 33 heavy (non-hydrogen) atoms. The van der Waals surface area contributed by atoms with Crippen LogP contribution in [0.25, 0.3) is 0 Å². The molecule has 0 fully saturated rings. The van der Waals surface area contributed by atoms with Gasteiger partial charge >= 0.3 is 12.1 Å². The van der Waals surface area contributed by atoms with Crippen LogP contribution in [-0.4, -0.2) is 69.3 Å². The SMILES string of the molecule is Cc1c(O)cc(O)c2c1C(=O)OC[C@H](NC(=O)OC(C)(C)C)C(=O)N[C@H](C(=O)NO)CSC2. The van der Waals surface area contributed by atoms with Crippen LogP contribution in [0.1, 0.15) is 42.3 Å². The minimum absolute atomic E-state index is 0.0298. The number of carbonyl (C=O) groups is 4. The van der Waals surface area contributed by atoms with Gasteiger partial charge in [0.05, 0.1) is 5.56 Å². The number of hydrogen-bond acceptors (Lipinski definition) is 10. The van der Waals surface area contributed by atoms with Crippen molar-refractivity contribution in [2.24, 2.45) is 0 Å². The lowest BCUT2D eigenvalue weighted by Crippen LogP contribution is -2.56. The number of benzene rings is 1. The first-order valence-electron chi connectivity index (χ1n) is 9.87. The third kappa shape index (κ3) is 6.89. The largest absolute Gasteiger partial charge is 0.508 e. The second kappa shape index (κ2) is 10.6. The number of esters is 1. The number of nitrogens with one attached hydrogen (secondary N) is 3. The fourth-order valence-electron chi connectivity index (χ4n) is 2.91. The Morgan fingerprint density at radius 2 is 1.91 bits per heavy atom. The molecule has 0 unspecified atom stereocenters. The smallest absolute Gasteiger partial charge is 0.408 e. The van der Waals surface area contributed by atoms with E-state index < -0.39 is 48.2 Å². The molecule has 1 aliphatic rings. The minimum atomic E-state index is -1.45. The summed E-state index contributed by atoms with van der Waals surface area (Å²) in [7, 11) is 0. The molecular formula is C20H27N3O9S. The summed E-state index contributed by atoms with van der Waals surface area (Å²) in [6.07, 6.45) is -0.963. The number of rotatable bonds is 2. The van der Waals surface area contributed by atoms with E-state index in [4.69, 9.17) is 14.7 Å². The molecule has 182 valence electrons. The van der Waals surface area contributed by atoms with E-state index in [2.05, 4.69) is 10.6 Å². The summed E-state index contributed by atoms with van der Waals surface area (Å²) in [4.78, 5) is 49.8. The lowest BCUT2D eigenvalue weighted by molar-refractivity contribution is -0.134. The minimum Gasteiger partial charge on any atom is -0.508 e. The highest BCUT2D eigenvalue weighted by Gasteiger charge is 2.32. The number of alkyl carbamates (subject to hydrolysis) is 1. The highest BCUT2D eigenvalue weighted by atomic mass is 32.2. The van der Waals surface area contributed by atoms with Gasteiger partial charge in [0.15, 0.2) is 0 Å². The van der Waals surface area contributed by atoms with E-state index in [-0.39, 0.29) is 39.7 Å². The number of amides is 3. The molecule has 1 heterocycles. The summed E-state index contributed by atoms with van der Waals surface area (Å²) < 4.78 is 10.3. The maximum atomic E-state index is 12.8. The second-order valence-corrected chi connectivity index (χ2v) is 9.27. The Bertz CT molecular complexity index is 946. The van der Waals surface area contributed by atoms with Crippen molar-refractivity contribution in [3.05, 3.63) is 22.8 Å². The van der Waals surface area contributed by atoms with Crippen molar-refractivity contribution in [2.45, 2.75) is 51.1 Å². The second-order valence-electron chi connectivity index (χ2n) is 8.24. The number of cyclic esters (lactones) is 1. The predicted molar refractivity (Wildman–Crippen MR) is 116 cm³/mol. The molecule has 0 saturated carbocycles. The number of thioether (sulfide) groups is 1. The van der Waals surface area contributed by atoms with Crippen molar-refractivity contribution in [2.75, 3.05) is 12.4 Å². The van der Waals surface area contributed by atoms with E-state index in [0.29, 0.717) is 0 Å². The van der Waals surface area contributed by atoms with Crippen molar-refractivity contribution in [3.63, 3.8) is 0 Å². The molecule has 6 N–H and O–H groups in total. The third-order valence-electron chi connectivity index (χ3n) is 4.51. The lowest BCUT2D eigenvalue weighted by Gasteiger charge is -2.25. The molecule has 12 nitrogen and oxygen atoms in total. The van der Waals surface area contributed by atoms with Gasteiger partial charge in [-0.25, -0.2) is 15.1 Å². The van der Waals surface area contributed by atoms with Crippen LogP contribution in [0.4, 0.5) is 4.79 Å². The molecule has 2 atom stereocenters. The van der Waals surface area contributed by atoms with Crippen LogP contribution >= 0.6 is 11.8 Å². The fourth-order valence-corrected chi connectivity index (χ4v) is 3.99. The molecule has 0 bridgehead atoms. The Balaban J connectivity index is 2.42. The molecule has 1 aromatic rings. The molecule has 0 spiro atoms. The van der Waals surface area contributed by atoms with Crippen LogP contribution in [0, 0.1) is 6.92 Å². The van der Waals surface area contributed by atoms with E-state index in [1.54, 1.807) is 20.8 Å². The van der Waals surface area contributed by atoms with E-state index in [0.717, 1.165) is 17.8 Å². The van der Waals surface area contributed by atoms with Gasteiger partial charge in [-0.15, -0.1) is 0 Å². The summed E-state index contributed by atoms with van der Waals surface area (Å²) >= 11 is 1.07. The van der Waals surface area contributed by atoms with Gasteiger partial charge in [-0.2, -0.15) is 11.8 Å². The summed E-state index contributed by atoms with van der Waals surface area (Å²) in [6.45, 7) is 5.66. The van der Waals surface area contributed by atoms with Gasteiger partial charge in [0.25, 0.3) is 5.91 Å². The molecule has 13 heteroatoms. The molecule has 3 amide bonds.